The third-order valence-corrected chi connectivity index (χ3v) is 0.335. The van der Waals surface area contributed by atoms with Gasteiger partial charge in [-0.05, 0) is 6.08 Å². The third-order valence-electron chi connectivity index (χ3n) is 0.335. The van der Waals surface area contributed by atoms with E-state index in [-0.39, 0.29) is 0 Å². The van der Waals surface area contributed by atoms with Crippen molar-refractivity contribution in [2.24, 2.45) is 10.2 Å². The van der Waals surface area contributed by atoms with Gasteiger partial charge in [0, 0.05) is 6.72 Å². The maximum atomic E-state index is 11.6. The molecule has 0 aromatic carbocycles. The lowest BCUT2D eigenvalue weighted by molar-refractivity contribution is 0.804. The van der Waals surface area contributed by atoms with E-state index >= 15 is 0 Å². The lowest BCUT2D eigenvalue weighted by Crippen LogP contribution is -1.74. The van der Waals surface area contributed by atoms with Gasteiger partial charge >= 0.3 is 0 Å². The summed E-state index contributed by atoms with van der Waals surface area (Å²) in [7, 11) is 0. The zero-order valence-electron chi connectivity index (χ0n) is 5.76. The fourth-order valence-corrected chi connectivity index (χ4v) is 0.108. The second kappa shape index (κ2) is 10.1. The Morgan fingerprint density at radius 2 is 2.00 bits per heavy atom. The highest BCUT2D eigenvalue weighted by atomic mass is 19.1. The lowest BCUT2D eigenvalue weighted by Gasteiger charge is -1.73. The van der Waals surface area contributed by atoms with Crippen molar-refractivity contribution in [3.8, 4) is 0 Å². The molecular formula is C6H11FN2. The van der Waals surface area contributed by atoms with E-state index < -0.39 is 5.97 Å². The molecule has 3 heteroatoms. The van der Waals surface area contributed by atoms with Gasteiger partial charge < -0.3 is 0 Å². The zero-order valence-corrected chi connectivity index (χ0v) is 5.76. The van der Waals surface area contributed by atoms with Crippen LogP contribution in [0.4, 0.5) is 4.39 Å². The molecule has 52 valence electrons. The van der Waals surface area contributed by atoms with Crippen LogP contribution in [0.5, 0.6) is 0 Å². The van der Waals surface area contributed by atoms with E-state index in [4.69, 9.17) is 0 Å². The average Bonchev–Trinajstić information content (AvgIpc) is 1.93. The second-order valence-electron chi connectivity index (χ2n) is 0.768. The molecule has 0 bridgehead atoms. The minimum atomic E-state index is -0.713. The number of allylic oxidation sites excluding steroid dienone is 1. The predicted molar refractivity (Wildman–Crippen MR) is 39.6 cm³/mol. The van der Waals surface area contributed by atoms with Gasteiger partial charge in [0.25, 0.3) is 0 Å². The molecule has 0 saturated carbocycles. The molecule has 9 heavy (non-hydrogen) atoms. The number of hydrogen-bond donors (Lipinski definition) is 0. The highest BCUT2D eigenvalue weighted by Crippen LogP contribution is 1.79. The normalized spacial score (nSPS) is 9.00. The molecule has 0 atom stereocenters. The Morgan fingerprint density at radius 1 is 1.56 bits per heavy atom. The van der Waals surface area contributed by atoms with Crippen LogP contribution in [-0.2, 0) is 0 Å². The number of hydrogen-bond acceptors (Lipinski definition) is 2. The van der Waals surface area contributed by atoms with E-state index in [1.807, 2.05) is 13.8 Å². The molecule has 2 nitrogen and oxygen atoms in total. The van der Waals surface area contributed by atoms with Crippen LogP contribution in [0.3, 0.4) is 0 Å². The Hall–Kier alpha value is -0.990. The summed E-state index contributed by atoms with van der Waals surface area (Å²) in [5, 5.41) is 5.79. The molecule has 0 aliphatic carbocycles. The van der Waals surface area contributed by atoms with Crippen molar-refractivity contribution < 1.29 is 4.39 Å². The van der Waals surface area contributed by atoms with E-state index in [0.717, 1.165) is 6.08 Å². The second-order valence-corrected chi connectivity index (χ2v) is 0.768. The van der Waals surface area contributed by atoms with Crippen molar-refractivity contribution >= 4 is 12.7 Å². The quantitative estimate of drug-likeness (QED) is 0.404. The SMILES string of the molecule is C=C/C(F)=N\N=C.CC. The molecule has 0 spiro atoms. The number of rotatable bonds is 2. The summed E-state index contributed by atoms with van der Waals surface area (Å²) in [6.07, 6.45) is 0.953. The summed E-state index contributed by atoms with van der Waals surface area (Å²) in [5.74, 6) is -0.713. The summed E-state index contributed by atoms with van der Waals surface area (Å²) in [6.45, 7) is 10.0. The van der Waals surface area contributed by atoms with E-state index in [0.29, 0.717) is 0 Å². The van der Waals surface area contributed by atoms with Crippen LogP contribution < -0.4 is 0 Å². The molecule has 0 saturated heterocycles. The minimum absolute atomic E-state index is 0.713. The molecule has 0 heterocycles. The van der Waals surface area contributed by atoms with Gasteiger partial charge in [0.05, 0.1) is 0 Å². The monoisotopic (exact) mass is 130 g/mol. The largest absolute Gasteiger partial charge is 0.232 e. The highest BCUT2D eigenvalue weighted by Gasteiger charge is 1.78. The molecule has 0 amide bonds. The van der Waals surface area contributed by atoms with Crippen LogP contribution in [0, 0.1) is 0 Å². The van der Waals surface area contributed by atoms with Crippen LogP contribution in [-0.4, -0.2) is 12.7 Å². The molecule has 0 aromatic rings. The highest BCUT2D eigenvalue weighted by molar-refractivity contribution is 5.85. The Kier molecular flexibility index (Phi) is 12.2. The van der Waals surface area contributed by atoms with Gasteiger partial charge in [0.2, 0.25) is 5.97 Å². The maximum Gasteiger partial charge on any atom is 0.232 e. The van der Waals surface area contributed by atoms with Crippen LogP contribution in [0.1, 0.15) is 13.8 Å². The maximum absolute atomic E-state index is 11.6. The lowest BCUT2D eigenvalue weighted by atomic mass is 10.7. The van der Waals surface area contributed by atoms with Gasteiger partial charge in [0.15, 0.2) is 0 Å². The average molecular weight is 130 g/mol. The van der Waals surface area contributed by atoms with Crippen molar-refractivity contribution in [2.45, 2.75) is 13.8 Å². The Labute approximate surface area is 54.8 Å². The molecule has 0 aromatic heterocycles. The van der Waals surface area contributed by atoms with Gasteiger partial charge in [-0.15, -0.1) is 5.10 Å². The molecule has 0 fully saturated rings. The van der Waals surface area contributed by atoms with Crippen molar-refractivity contribution in [3.63, 3.8) is 0 Å². The Balaban J connectivity index is 0. The van der Waals surface area contributed by atoms with E-state index in [1.54, 1.807) is 0 Å². The van der Waals surface area contributed by atoms with Crippen LogP contribution in [0.15, 0.2) is 22.9 Å². The topological polar surface area (TPSA) is 24.7 Å². The summed E-state index contributed by atoms with van der Waals surface area (Å²) < 4.78 is 11.6. The Morgan fingerprint density at radius 3 is 2.11 bits per heavy atom. The first-order valence-corrected chi connectivity index (χ1v) is 2.63. The predicted octanol–water partition coefficient (Wildman–Crippen LogP) is 2.18. The Bertz CT molecular complexity index is 108. The number of nitrogens with zero attached hydrogens (tertiary/aromatic N) is 2. The molecular weight excluding hydrogens is 119 g/mol. The first kappa shape index (κ1) is 10.9. The van der Waals surface area contributed by atoms with Gasteiger partial charge in [0.1, 0.15) is 0 Å². The zero-order chi connectivity index (χ0) is 7.70. The molecule has 0 aliphatic heterocycles. The van der Waals surface area contributed by atoms with Gasteiger partial charge in [-0.3, -0.25) is 0 Å². The molecule has 0 N–H and O–H groups in total. The first-order chi connectivity index (χ1) is 4.31. The smallest absolute Gasteiger partial charge is 0.183 e. The van der Waals surface area contributed by atoms with Crippen molar-refractivity contribution in [2.75, 3.05) is 0 Å². The van der Waals surface area contributed by atoms with Gasteiger partial charge in [-0.1, -0.05) is 20.4 Å². The van der Waals surface area contributed by atoms with E-state index in [2.05, 4.69) is 23.5 Å². The molecule has 0 radical (unpaired) electrons. The van der Waals surface area contributed by atoms with Crippen LogP contribution in [0.2, 0.25) is 0 Å². The summed E-state index contributed by atoms with van der Waals surface area (Å²) >= 11 is 0. The summed E-state index contributed by atoms with van der Waals surface area (Å²) in [4.78, 5) is 0. The molecule has 0 aliphatic rings. The van der Waals surface area contributed by atoms with Gasteiger partial charge in [-0.25, -0.2) is 0 Å². The van der Waals surface area contributed by atoms with Crippen molar-refractivity contribution in [1.29, 1.82) is 0 Å². The van der Waals surface area contributed by atoms with E-state index in [1.165, 1.54) is 0 Å². The van der Waals surface area contributed by atoms with Gasteiger partial charge in [-0.2, -0.15) is 9.49 Å². The molecule has 0 unspecified atom stereocenters. The number of halogens is 1. The van der Waals surface area contributed by atoms with Crippen LogP contribution in [0.25, 0.3) is 0 Å². The molecule has 0 rings (SSSR count). The first-order valence-electron chi connectivity index (χ1n) is 2.63. The van der Waals surface area contributed by atoms with E-state index in [9.17, 15) is 4.39 Å². The standard InChI is InChI=1S/C4H5FN2.C2H6/c1-3-4(5)7-6-2;1-2/h3H,1-2H2;1-2H3/b7-4+;. The summed E-state index contributed by atoms with van der Waals surface area (Å²) in [6, 6.07) is 0. The van der Waals surface area contributed by atoms with Crippen molar-refractivity contribution in [1.82, 2.24) is 0 Å². The van der Waals surface area contributed by atoms with Crippen molar-refractivity contribution in [3.05, 3.63) is 12.7 Å². The third kappa shape index (κ3) is 10.9. The fourth-order valence-electron chi connectivity index (χ4n) is 0.108. The fraction of sp³-hybridized carbons (Fsp3) is 0.333. The minimum Gasteiger partial charge on any atom is -0.183 e. The summed E-state index contributed by atoms with van der Waals surface area (Å²) in [5.41, 5.74) is 0. The van der Waals surface area contributed by atoms with Crippen LogP contribution >= 0.6 is 0 Å².